The van der Waals surface area contributed by atoms with E-state index in [-0.39, 0.29) is 0 Å². The molecule has 0 spiro atoms. The van der Waals surface area contributed by atoms with Crippen molar-refractivity contribution >= 4 is 12.0 Å². The third-order valence-electron chi connectivity index (χ3n) is 2.57. The normalized spacial score (nSPS) is 10.8. The number of rotatable bonds is 8. The third kappa shape index (κ3) is 6.06. The van der Waals surface area contributed by atoms with Crippen molar-refractivity contribution in [1.29, 1.82) is 0 Å². The standard InChI is InChI=1S/C15H20O4/c1-12-5-7-14(19-10-4-3-9-18-2)13(11-12)6-8-15(16)17/h5-8,11H,3-4,9-10H2,1-2H3,(H,16,17)/b8-6+. The van der Waals surface area contributed by atoms with Gasteiger partial charge in [0.05, 0.1) is 6.61 Å². The molecular formula is C15H20O4. The van der Waals surface area contributed by atoms with Crippen molar-refractivity contribution in [2.75, 3.05) is 20.3 Å². The lowest BCUT2D eigenvalue weighted by molar-refractivity contribution is -0.131. The van der Waals surface area contributed by atoms with Crippen LogP contribution in [0.25, 0.3) is 6.08 Å². The number of benzene rings is 1. The van der Waals surface area contributed by atoms with Gasteiger partial charge in [0.1, 0.15) is 5.75 Å². The predicted molar refractivity (Wildman–Crippen MR) is 74.5 cm³/mol. The second-order valence-corrected chi connectivity index (χ2v) is 4.26. The van der Waals surface area contributed by atoms with Gasteiger partial charge < -0.3 is 14.6 Å². The molecule has 0 amide bonds. The van der Waals surface area contributed by atoms with Crippen LogP contribution in [0.15, 0.2) is 24.3 Å². The maximum atomic E-state index is 10.6. The second-order valence-electron chi connectivity index (χ2n) is 4.26. The van der Waals surface area contributed by atoms with Crippen LogP contribution in [-0.2, 0) is 9.53 Å². The van der Waals surface area contributed by atoms with Gasteiger partial charge in [-0.05, 0) is 38.0 Å². The molecule has 0 heterocycles. The van der Waals surface area contributed by atoms with E-state index in [0.29, 0.717) is 12.4 Å². The molecule has 0 aliphatic carbocycles. The van der Waals surface area contributed by atoms with Crippen LogP contribution >= 0.6 is 0 Å². The summed E-state index contributed by atoms with van der Waals surface area (Å²) in [6.45, 7) is 3.28. The lowest BCUT2D eigenvalue weighted by Gasteiger charge is -2.10. The number of ether oxygens (including phenoxy) is 2. The smallest absolute Gasteiger partial charge is 0.328 e. The summed E-state index contributed by atoms with van der Waals surface area (Å²) in [7, 11) is 1.68. The first kappa shape index (κ1) is 15.2. The van der Waals surface area contributed by atoms with E-state index in [1.165, 1.54) is 0 Å². The highest BCUT2D eigenvalue weighted by Gasteiger charge is 2.02. The van der Waals surface area contributed by atoms with Gasteiger partial charge in [0.2, 0.25) is 0 Å². The monoisotopic (exact) mass is 264 g/mol. The molecule has 1 rings (SSSR count). The van der Waals surface area contributed by atoms with Crippen LogP contribution in [-0.4, -0.2) is 31.4 Å². The van der Waals surface area contributed by atoms with E-state index in [1.807, 2.05) is 25.1 Å². The van der Waals surface area contributed by atoms with Crippen LogP contribution in [0.2, 0.25) is 0 Å². The first-order valence-corrected chi connectivity index (χ1v) is 6.27. The highest BCUT2D eigenvalue weighted by molar-refractivity contribution is 5.85. The van der Waals surface area contributed by atoms with Crippen molar-refractivity contribution in [3.05, 3.63) is 35.4 Å². The van der Waals surface area contributed by atoms with Gasteiger partial charge in [0.25, 0.3) is 0 Å². The Morgan fingerprint density at radius 2 is 2.05 bits per heavy atom. The molecule has 0 saturated heterocycles. The molecule has 4 heteroatoms. The van der Waals surface area contributed by atoms with Crippen LogP contribution in [0.3, 0.4) is 0 Å². The number of hydrogen-bond acceptors (Lipinski definition) is 3. The van der Waals surface area contributed by atoms with Crippen LogP contribution in [0.5, 0.6) is 5.75 Å². The lowest BCUT2D eigenvalue weighted by atomic mass is 10.1. The molecule has 0 aliphatic rings. The fourth-order valence-corrected chi connectivity index (χ4v) is 1.62. The molecule has 0 unspecified atom stereocenters. The van der Waals surface area contributed by atoms with Crippen LogP contribution in [0.1, 0.15) is 24.0 Å². The molecule has 0 fully saturated rings. The van der Waals surface area contributed by atoms with Gasteiger partial charge in [-0.3, -0.25) is 0 Å². The van der Waals surface area contributed by atoms with Crippen molar-refractivity contribution in [3.8, 4) is 5.75 Å². The van der Waals surface area contributed by atoms with E-state index in [2.05, 4.69) is 0 Å². The zero-order valence-electron chi connectivity index (χ0n) is 11.4. The number of carboxylic acid groups (broad SMARTS) is 1. The summed E-state index contributed by atoms with van der Waals surface area (Å²) in [5.74, 6) is -0.256. The van der Waals surface area contributed by atoms with Crippen molar-refractivity contribution in [2.45, 2.75) is 19.8 Å². The summed E-state index contributed by atoms with van der Waals surface area (Å²) < 4.78 is 10.6. The Morgan fingerprint density at radius 1 is 1.32 bits per heavy atom. The topological polar surface area (TPSA) is 55.8 Å². The Balaban J connectivity index is 2.63. The van der Waals surface area contributed by atoms with Gasteiger partial charge in [0.15, 0.2) is 0 Å². The van der Waals surface area contributed by atoms with E-state index in [0.717, 1.165) is 36.7 Å². The van der Waals surface area contributed by atoms with Gasteiger partial charge in [-0.25, -0.2) is 4.79 Å². The second kappa shape index (κ2) is 8.32. The Hall–Kier alpha value is -1.81. The number of unbranched alkanes of at least 4 members (excludes halogenated alkanes) is 1. The van der Waals surface area contributed by atoms with Gasteiger partial charge in [0, 0.05) is 25.4 Å². The van der Waals surface area contributed by atoms with Crippen LogP contribution < -0.4 is 4.74 Å². The summed E-state index contributed by atoms with van der Waals surface area (Å²) in [6.07, 6.45) is 4.53. The summed E-state index contributed by atoms with van der Waals surface area (Å²) in [5.41, 5.74) is 1.85. The number of aryl methyl sites for hydroxylation is 1. The number of carboxylic acids is 1. The van der Waals surface area contributed by atoms with Crippen molar-refractivity contribution in [1.82, 2.24) is 0 Å². The van der Waals surface area contributed by atoms with Crippen LogP contribution in [0, 0.1) is 6.92 Å². The lowest BCUT2D eigenvalue weighted by Crippen LogP contribution is -2.01. The average molecular weight is 264 g/mol. The molecule has 0 atom stereocenters. The SMILES string of the molecule is COCCCCOc1ccc(C)cc1/C=C/C(=O)O. The summed E-state index contributed by atoms with van der Waals surface area (Å²) in [4.78, 5) is 10.6. The number of carbonyl (C=O) groups is 1. The Labute approximate surface area is 113 Å². The molecule has 0 bridgehead atoms. The van der Waals surface area contributed by atoms with Crippen molar-refractivity contribution < 1.29 is 19.4 Å². The maximum Gasteiger partial charge on any atom is 0.328 e. The van der Waals surface area contributed by atoms with Crippen LogP contribution in [0.4, 0.5) is 0 Å². The Bertz CT molecular complexity index is 438. The number of methoxy groups -OCH3 is 1. The maximum absolute atomic E-state index is 10.6. The molecule has 1 aromatic rings. The van der Waals surface area contributed by atoms with E-state index >= 15 is 0 Å². The fourth-order valence-electron chi connectivity index (χ4n) is 1.62. The molecular weight excluding hydrogens is 244 g/mol. The Kier molecular flexibility index (Phi) is 6.68. The minimum Gasteiger partial charge on any atom is -0.493 e. The molecule has 0 aliphatic heterocycles. The third-order valence-corrected chi connectivity index (χ3v) is 2.57. The predicted octanol–water partition coefficient (Wildman–Crippen LogP) is 2.90. The zero-order valence-corrected chi connectivity index (χ0v) is 11.4. The van der Waals surface area contributed by atoms with E-state index in [9.17, 15) is 4.79 Å². The molecule has 1 aromatic carbocycles. The fraction of sp³-hybridized carbons (Fsp3) is 0.400. The first-order chi connectivity index (χ1) is 9.13. The van der Waals surface area contributed by atoms with E-state index in [4.69, 9.17) is 14.6 Å². The molecule has 4 nitrogen and oxygen atoms in total. The molecule has 104 valence electrons. The molecule has 0 aromatic heterocycles. The number of aliphatic carboxylic acids is 1. The highest BCUT2D eigenvalue weighted by Crippen LogP contribution is 2.21. The molecule has 1 N–H and O–H groups in total. The molecule has 0 radical (unpaired) electrons. The van der Waals surface area contributed by atoms with Crippen molar-refractivity contribution in [3.63, 3.8) is 0 Å². The highest BCUT2D eigenvalue weighted by atomic mass is 16.5. The van der Waals surface area contributed by atoms with Gasteiger partial charge in [-0.15, -0.1) is 0 Å². The van der Waals surface area contributed by atoms with E-state index in [1.54, 1.807) is 13.2 Å². The van der Waals surface area contributed by atoms with Gasteiger partial charge >= 0.3 is 5.97 Å². The first-order valence-electron chi connectivity index (χ1n) is 6.27. The van der Waals surface area contributed by atoms with Crippen molar-refractivity contribution in [2.24, 2.45) is 0 Å². The molecule has 0 saturated carbocycles. The van der Waals surface area contributed by atoms with Gasteiger partial charge in [-0.2, -0.15) is 0 Å². The summed E-state index contributed by atoms with van der Waals surface area (Å²) >= 11 is 0. The summed E-state index contributed by atoms with van der Waals surface area (Å²) in [6, 6.07) is 5.72. The number of hydrogen-bond donors (Lipinski definition) is 1. The quantitative estimate of drug-likeness (QED) is 0.579. The minimum atomic E-state index is -0.965. The summed E-state index contributed by atoms with van der Waals surface area (Å²) in [5, 5.41) is 8.67. The van der Waals surface area contributed by atoms with E-state index < -0.39 is 5.97 Å². The zero-order chi connectivity index (χ0) is 14.1. The van der Waals surface area contributed by atoms with Gasteiger partial charge in [-0.1, -0.05) is 11.6 Å². The molecule has 19 heavy (non-hydrogen) atoms. The Morgan fingerprint density at radius 3 is 2.74 bits per heavy atom. The average Bonchev–Trinajstić information content (AvgIpc) is 2.38. The minimum absolute atomic E-state index is 0.598. The largest absolute Gasteiger partial charge is 0.493 e.